The molecule has 1 aliphatic rings. The van der Waals surface area contributed by atoms with Crippen molar-refractivity contribution in [2.45, 2.75) is 103 Å². The number of amides is 3. The number of rotatable bonds is 15. The first kappa shape index (κ1) is 41.9. The van der Waals surface area contributed by atoms with Crippen molar-refractivity contribution in [2.24, 2.45) is 0 Å². The number of benzene rings is 1. The molecule has 5 heterocycles. The third-order valence-corrected chi connectivity index (χ3v) is 9.89. The highest BCUT2D eigenvalue weighted by Crippen LogP contribution is 2.30. The Hall–Kier alpha value is -5.77. The van der Waals surface area contributed by atoms with Crippen LogP contribution in [0.4, 0.5) is 25.5 Å². The molecular weight excluding hydrogens is 766 g/mol. The predicted octanol–water partition coefficient (Wildman–Crippen LogP) is 6.40. The lowest BCUT2D eigenvalue weighted by atomic mass is 10.0. The van der Waals surface area contributed by atoms with E-state index < -0.39 is 29.2 Å². The number of hydrazine groups is 1. The van der Waals surface area contributed by atoms with Crippen LogP contribution in [0.3, 0.4) is 0 Å². The SMILES string of the molecule is C#CCCC1(CCC(=O)Nc2ccc3[nH]c(CCN(CCc4nc5c(N(Cc6ncccc6F)C(=O)OC(C)(C)C)ncnc5s4)C(=O)OC(C)(C)C)nc3c2)NN1. The summed E-state index contributed by atoms with van der Waals surface area (Å²) in [5, 5.41) is 3.58. The smallest absolute Gasteiger partial charge is 0.416 e. The number of carbonyl (C=O) groups is 3. The zero-order valence-corrected chi connectivity index (χ0v) is 34.3. The second-order valence-corrected chi connectivity index (χ2v) is 17.0. The zero-order valence-electron chi connectivity index (χ0n) is 33.4. The minimum atomic E-state index is -0.843. The number of H-pyrrole nitrogens is 1. The summed E-state index contributed by atoms with van der Waals surface area (Å²) in [7, 11) is 0. The van der Waals surface area contributed by atoms with Crippen molar-refractivity contribution in [2.75, 3.05) is 23.3 Å². The highest BCUT2D eigenvalue weighted by Gasteiger charge is 2.40. The first-order chi connectivity index (χ1) is 27.5. The molecule has 0 saturated carbocycles. The van der Waals surface area contributed by atoms with Gasteiger partial charge < -0.3 is 24.7 Å². The minimum Gasteiger partial charge on any atom is -0.444 e. The lowest BCUT2D eigenvalue weighted by molar-refractivity contribution is -0.116. The number of aromatic amines is 1. The molecule has 0 spiro atoms. The van der Waals surface area contributed by atoms with Gasteiger partial charge in [0.25, 0.3) is 0 Å². The van der Waals surface area contributed by atoms with E-state index in [-0.39, 0.29) is 42.7 Å². The van der Waals surface area contributed by atoms with E-state index in [1.807, 2.05) is 18.2 Å². The van der Waals surface area contributed by atoms with Crippen LogP contribution in [-0.2, 0) is 33.7 Å². The molecule has 5 aromatic rings. The molecule has 6 rings (SSSR count). The van der Waals surface area contributed by atoms with Crippen LogP contribution in [0.5, 0.6) is 0 Å². The Balaban J connectivity index is 1.15. The molecule has 4 N–H and O–H groups in total. The average Bonchev–Trinajstić information content (AvgIpc) is 3.60. The van der Waals surface area contributed by atoms with Gasteiger partial charge in [0.05, 0.1) is 33.9 Å². The number of nitrogens with zero attached hydrogens (tertiary/aromatic N) is 7. The van der Waals surface area contributed by atoms with Gasteiger partial charge in [-0.3, -0.25) is 14.7 Å². The quantitative estimate of drug-likeness (QED) is 0.0668. The van der Waals surface area contributed by atoms with E-state index in [4.69, 9.17) is 25.9 Å². The molecule has 4 aromatic heterocycles. The van der Waals surface area contributed by atoms with Crippen molar-refractivity contribution in [3.8, 4) is 12.3 Å². The Morgan fingerprint density at radius 1 is 0.966 bits per heavy atom. The normalized spacial score (nSPS) is 13.6. The number of imidazole rings is 1. The summed E-state index contributed by atoms with van der Waals surface area (Å²) in [5.74, 6) is 2.72. The van der Waals surface area contributed by atoms with Gasteiger partial charge in [-0.2, -0.15) is 0 Å². The molecule has 1 aromatic carbocycles. The number of pyridine rings is 1. The maximum Gasteiger partial charge on any atom is 0.416 e. The summed E-state index contributed by atoms with van der Waals surface area (Å²) >= 11 is 1.29. The summed E-state index contributed by atoms with van der Waals surface area (Å²) in [5.41, 5.74) is 6.79. The second kappa shape index (κ2) is 17.4. The van der Waals surface area contributed by atoms with Crippen molar-refractivity contribution in [1.82, 2.24) is 45.7 Å². The van der Waals surface area contributed by atoms with E-state index in [0.717, 1.165) is 11.9 Å². The molecule has 16 nitrogen and oxygen atoms in total. The maximum absolute atomic E-state index is 14.7. The lowest BCUT2D eigenvalue weighted by Crippen LogP contribution is -2.39. The largest absolute Gasteiger partial charge is 0.444 e. The van der Waals surface area contributed by atoms with Crippen LogP contribution in [0.2, 0.25) is 0 Å². The van der Waals surface area contributed by atoms with Crippen LogP contribution in [0.1, 0.15) is 83.8 Å². The Bertz CT molecular complexity index is 2320. The molecule has 1 aliphatic heterocycles. The molecule has 306 valence electrons. The average molecular weight is 814 g/mol. The standard InChI is InChI=1S/C40H48FN11O5S/c1-8-9-17-40(49-50-40)18-14-31(53)45-25-12-13-27-28(22-25)47-30(46-27)15-20-51(36(54)56-38(2,3)4)21-16-32-48-33-34(43-24-44-35(33)58-32)52(37(55)57-39(5,6)7)23-29-26(41)11-10-19-42-29/h1,10-13,19,22,24,49-50H,9,14-18,20-21,23H2,2-7H3,(H,45,53)(H,46,47). The number of fused-ring (bicyclic) bond motifs is 2. The van der Waals surface area contributed by atoms with Gasteiger partial charge in [-0.05, 0) is 84.7 Å². The molecular formula is C40H48FN11O5S. The van der Waals surface area contributed by atoms with Gasteiger partial charge in [0.1, 0.15) is 39.5 Å². The summed E-state index contributed by atoms with van der Waals surface area (Å²) in [4.78, 5) is 68.7. The molecule has 0 aliphatic carbocycles. The van der Waals surface area contributed by atoms with Crippen LogP contribution in [0.15, 0.2) is 42.9 Å². The highest BCUT2D eigenvalue weighted by molar-refractivity contribution is 7.18. The molecule has 1 saturated heterocycles. The van der Waals surface area contributed by atoms with Crippen molar-refractivity contribution >= 4 is 62.3 Å². The fraction of sp³-hybridized carbons (Fsp3) is 0.450. The van der Waals surface area contributed by atoms with Gasteiger partial charge in [0.2, 0.25) is 5.91 Å². The molecule has 0 radical (unpaired) electrons. The molecule has 0 atom stereocenters. The third kappa shape index (κ3) is 11.2. The minimum absolute atomic E-state index is 0.0287. The molecule has 0 bridgehead atoms. The molecule has 1 fully saturated rings. The van der Waals surface area contributed by atoms with Gasteiger partial charge in [0.15, 0.2) is 5.82 Å². The Morgan fingerprint density at radius 3 is 2.41 bits per heavy atom. The number of thiazole rings is 1. The van der Waals surface area contributed by atoms with E-state index in [0.29, 0.717) is 64.5 Å². The van der Waals surface area contributed by atoms with Crippen LogP contribution >= 0.6 is 11.3 Å². The second-order valence-electron chi connectivity index (χ2n) is 15.9. The molecule has 3 amide bonds. The monoisotopic (exact) mass is 813 g/mol. The predicted molar refractivity (Wildman–Crippen MR) is 218 cm³/mol. The van der Waals surface area contributed by atoms with Gasteiger partial charge in [0, 0.05) is 50.7 Å². The number of nitrogens with one attached hydrogen (secondary N) is 4. The van der Waals surface area contributed by atoms with Crippen LogP contribution in [-0.4, -0.2) is 82.9 Å². The fourth-order valence-electron chi connectivity index (χ4n) is 5.96. The van der Waals surface area contributed by atoms with Gasteiger partial charge in [-0.15, -0.1) is 12.3 Å². The highest BCUT2D eigenvalue weighted by atomic mass is 32.1. The van der Waals surface area contributed by atoms with Crippen molar-refractivity contribution in [3.63, 3.8) is 0 Å². The number of ether oxygens (including phenoxy) is 2. The number of aromatic nitrogens is 6. The van der Waals surface area contributed by atoms with Crippen LogP contribution in [0, 0.1) is 18.2 Å². The topological polar surface area (TPSA) is 212 Å². The fourth-order valence-corrected chi connectivity index (χ4v) is 6.85. The first-order valence-electron chi connectivity index (χ1n) is 18.9. The van der Waals surface area contributed by atoms with E-state index in [9.17, 15) is 18.8 Å². The molecule has 18 heteroatoms. The number of halogens is 1. The summed E-state index contributed by atoms with van der Waals surface area (Å²) < 4.78 is 26.2. The van der Waals surface area contributed by atoms with Crippen LogP contribution < -0.4 is 21.1 Å². The van der Waals surface area contributed by atoms with Gasteiger partial charge in [-0.25, -0.2) is 44.8 Å². The van der Waals surface area contributed by atoms with Crippen molar-refractivity contribution in [1.29, 1.82) is 0 Å². The summed E-state index contributed by atoms with van der Waals surface area (Å²) in [6, 6.07) is 8.21. The van der Waals surface area contributed by atoms with Crippen molar-refractivity contribution < 1.29 is 28.2 Å². The maximum atomic E-state index is 14.7. The molecule has 0 unspecified atom stereocenters. The van der Waals surface area contributed by atoms with E-state index in [1.165, 1.54) is 40.9 Å². The van der Waals surface area contributed by atoms with E-state index >= 15 is 0 Å². The van der Waals surface area contributed by atoms with Gasteiger partial charge in [-0.1, -0.05) is 11.3 Å². The Labute approximate surface area is 339 Å². The molecule has 58 heavy (non-hydrogen) atoms. The summed E-state index contributed by atoms with van der Waals surface area (Å²) in [6.07, 6.45) is 9.91. The number of anilines is 2. The zero-order chi connectivity index (χ0) is 41.7. The van der Waals surface area contributed by atoms with Gasteiger partial charge >= 0.3 is 12.2 Å². The Morgan fingerprint density at radius 2 is 1.71 bits per heavy atom. The number of hydrogen-bond donors (Lipinski definition) is 4. The number of carbonyl (C=O) groups excluding carboxylic acids is 3. The van der Waals surface area contributed by atoms with Crippen molar-refractivity contribution in [3.05, 3.63) is 65.2 Å². The lowest BCUT2D eigenvalue weighted by Gasteiger charge is -2.27. The number of hydrogen-bond acceptors (Lipinski definition) is 13. The van der Waals surface area contributed by atoms with E-state index in [2.05, 4.69) is 42.0 Å². The third-order valence-electron chi connectivity index (χ3n) is 8.87. The van der Waals surface area contributed by atoms with E-state index in [1.54, 1.807) is 46.4 Å². The van der Waals surface area contributed by atoms with Crippen LogP contribution in [0.25, 0.3) is 21.4 Å². The Kier molecular flexibility index (Phi) is 12.5. The summed E-state index contributed by atoms with van der Waals surface area (Å²) in [6.45, 7) is 10.9. The number of terminal acetylenes is 1. The first-order valence-corrected chi connectivity index (χ1v) is 19.8.